The summed E-state index contributed by atoms with van der Waals surface area (Å²) in [4.78, 5) is 25.2. The lowest BCUT2D eigenvalue weighted by Gasteiger charge is -2.09. The zero-order valence-corrected chi connectivity index (χ0v) is 8.78. The number of anilines is 1. The first-order valence-corrected chi connectivity index (χ1v) is 4.59. The van der Waals surface area contributed by atoms with Crippen LogP contribution in [0.3, 0.4) is 0 Å². The van der Waals surface area contributed by atoms with Gasteiger partial charge in [0.2, 0.25) is 0 Å². The minimum absolute atomic E-state index is 0.0871. The van der Waals surface area contributed by atoms with Gasteiger partial charge in [0, 0.05) is 11.3 Å². The summed E-state index contributed by atoms with van der Waals surface area (Å²) in [5, 5.41) is 10.3. The summed E-state index contributed by atoms with van der Waals surface area (Å²) in [5.41, 5.74) is 6.19. The molecule has 0 aliphatic heterocycles. The molecule has 0 spiro atoms. The van der Waals surface area contributed by atoms with Crippen molar-refractivity contribution in [3.05, 3.63) is 23.5 Å². The van der Waals surface area contributed by atoms with E-state index in [2.05, 4.69) is 10.3 Å². The summed E-state index contributed by atoms with van der Waals surface area (Å²) >= 11 is 0. The highest BCUT2D eigenvalue weighted by molar-refractivity contribution is 6.44. The molecule has 0 bridgehead atoms. The molecule has 0 atom stereocenters. The Labute approximate surface area is 92.4 Å². The van der Waals surface area contributed by atoms with Gasteiger partial charge in [0.05, 0.1) is 18.4 Å². The molecule has 0 aromatic carbocycles. The third kappa shape index (κ3) is 2.63. The van der Waals surface area contributed by atoms with E-state index in [0.29, 0.717) is 23.2 Å². The van der Waals surface area contributed by atoms with Crippen molar-refractivity contribution >= 4 is 23.6 Å². The van der Waals surface area contributed by atoms with E-state index in [1.165, 1.54) is 6.20 Å². The number of aldehydes is 1. The minimum Gasteiger partial charge on any atom is -0.376 e. The summed E-state index contributed by atoms with van der Waals surface area (Å²) in [6.45, 7) is 1.82. The van der Waals surface area contributed by atoms with Crippen molar-refractivity contribution in [3.63, 3.8) is 0 Å². The first-order chi connectivity index (χ1) is 7.56. The van der Waals surface area contributed by atoms with Crippen LogP contribution in [0.2, 0.25) is 0 Å². The van der Waals surface area contributed by atoms with Gasteiger partial charge < -0.3 is 15.8 Å². The quantitative estimate of drug-likeness (QED) is 0.473. The van der Waals surface area contributed by atoms with Crippen molar-refractivity contribution in [2.45, 2.75) is 6.92 Å². The zero-order chi connectivity index (χ0) is 12.1. The Balaban J connectivity index is 3.12. The average molecular weight is 220 g/mol. The zero-order valence-electron chi connectivity index (χ0n) is 8.78. The molecule has 1 aromatic rings. The number of aryl methyl sites for hydroxylation is 1. The lowest BCUT2D eigenvalue weighted by atomic mass is 10.1. The van der Waals surface area contributed by atoms with Gasteiger partial charge in [-0.15, -0.1) is 0 Å². The molecule has 0 radical (unpaired) electrons. The van der Waals surface area contributed by atoms with Crippen molar-refractivity contribution in [2.75, 3.05) is 11.9 Å². The number of nitrogens with one attached hydrogen (secondary N) is 2. The Morgan fingerprint density at radius 2 is 2.38 bits per heavy atom. The van der Waals surface area contributed by atoms with E-state index in [0.717, 1.165) is 0 Å². The number of carbonyl (C=O) groups excluding carboxylic acids is 2. The van der Waals surface area contributed by atoms with Crippen LogP contribution in [-0.4, -0.2) is 29.4 Å². The molecule has 0 fully saturated rings. The molecule has 0 unspecified atom stereocenters. The molecular formula is C10H12N4O2. The lowest BCUT2D eigenvalue weighted by Crippen LogP contribution is -2.24. The van der Waals surface area contributed by atoms with E-state index in [1.807, 2.05) is 0 Å². The number of carbonyl (C=O) groups is 2. The van der Waals surface area contributed by atoms with E-state index in [-0.39, 0.29) is 12.3 Å². The van der Waals surface area contributed by atoms with Gasteiger partial charge in [0.15, 0.2) is 0 Å². The fourth-order valence-corrected chi connectivity index (χ4v) is 1.19. The molecule has 6 nitrogen and oxygen atoms in total. The second-order valence-corrected chi connectivity index (χ2v) is 3.16. The molecule has 84 valence electrons. The van der Waals surface area contributed by atoms with E-state index < -0.39 is 5.91 Å². The van der Waals surface area contributed by atoms with Gasteiger partial charge in [-0.1, -0.05) is 0 Å². The summed E-state index contributed by atoms with van der Waals surface area (Å²) in [6, 6.07) is 1.57. The average Bonchev–Trinajstić information content (AvgIpc) is 2.26. The van der Waals surface area contributed by atoms with Crippen LogP contribution in [0.15, 0.2) is 12.3 Å². The maximum atomic E-state index is 10.9. The van der Waals surface area contributed by atoms with Gasteiger partial charge in [0.1, 0.15) is 12.0 Å². The van der Waals surface area contributed by atoms with E-state index in [4.69, 9.17) is 11.1 Å². The molecule has 0 aliphatic carbocycles. The van der Waals surface area contributed by atoms with Gasteiger partial charge in [-0.25, -0.2) is 0 Å². The number of hydrogen-bond acceptors (Lipinski definition) is 5. The molecule has 0 aliphatic rings. The molecule has 1 heterocycles. The van der Waals surface area contributed by atoms with Crippen LogP contribution in [0.1, 0.15) is 11.3 Å². The van der Waals surface area contributed by atoms with E-state index in [9.17, 15) is 9.59 Å². The number of amides is 1. The van der Waals surface area contributed by atoms with E-state index in [1.54, 1.807) is 13.0 Å². The molecule has 16 heavy (non-hydrogen) atoms. The Bertz CT molecular complexity index is 442. The molecular weight excluding hydrogens is 208 g/mol. The molecule has 4 N–H and O–H groups in total. The normalized spacial score (nSPS) is 9.56. The van der Waals surface area contributed by atoms with Crippen LogP contribution >= 0.6 is 0 Å². The SMILES string of the molecule is Cc1cc(C(=N)C(N)=O)c(NCC=O)cn1. The van der Waals surface area contributed by atoms with Gasteiger partial charge in [-0.05, 0) is 13.0 Å². The second-order valence-electron chi connectivity index (χ2n) is 3.16. The maximum absolute atomic E-state index is 10.9. The maximum Gasteiger partial charge on any atom is 0.267 e. The van der Waals surface area contributed by atoms with E-state index >= 15 is 0 Å². The highest BCUT2D eigenvalue weighted by Gasteiger charge is 2.13. The summed E-state index contributed by atoms with van der Waals surface area (Å²) in [6.07, 6.45) is 2.14. The fourth-order valence-electron chi connectivity index (χ4n) is 1.19. The molecule has 6 heteroatoms. The number of nitrogens with two attached hydrogens (primary N) is 1. The topological polar surface area (TPSA) is 109 Å². The van der Waals surface area contributed by atoms with Crippen molar-refractivity contribution in [1.82, 2.24) is 4.98 Å². The van der Waals surface area contributed by atoms with Crippen LogP contribution in [0.5, 0.6) is 0 Å². The molecule has 1 rings (SSSR count). The predicted molar refractivity (Wildman–Crippen MR) is 59.6 cm³/mol. The summed E-state index contributed by atoms with van der Waals surface area (Å²) in [5.74, 6) is -0.820. The third-order valence-corrected chi connectivity index (χ3v) is 1.93. The molecule has 0 saturated carbocycles. The van der Waals surface area contributed by atoms with Crippen molar-refractivity contribution in [3.8, 4) is 0 Å². The van der Waals surface area contributed by atoms with Crippen LogP contribution in [0, 0.1) is 12.3 Å². The van der Waals surface area contributed by atoms with Crippen molar-refractivity contribution < 1.29 is 9.59 Å². The third-order valence-electron chi connectivity index (χ3n) is 1.93. The first kappa shape index (κ1) is 11.8. The van der Waals surface area contributed by atoms with Crippen LogP contribution < -0.4 is 11.1 Å². The number of hydrogen-bond donors (Lipinski definition) is 3. The second kappa shape index (κ2) is 5.01. The molecule has 1 amide bonds. The van der Waals surface area contributed by atoms with Gasteiger partial charge >= 0.3 is 0 Å². The van der Waals surface area contributed by atoms with Crippen LogP contribution in [0.4, 0.5) is 5.69 Å². The smallest absolute Gasteiger partial charge is 0.267 e. The largest absolute Gasteiger partial charge is 0.376 e. The predicted octanol–water partition coefficient (Wildman–Crippen LogP) is -0.146. The Morgan fingerprint density at radius 1 is 1.69 bits per heavy atom. The van der Waals surface area contributed by atoms with Gasteiger partial charge in [-0.3, -0.25) is 15.2 Å². The Morgan fingerprint density at radius 3 is 2.94 bits per heavy atom. The van der Waals surface area contributed by atoms with Crippen molar-refractivity contribution in [1.29, 1.82) is 5.41 Å². The highest BCUT2D eigenvalue weighted by Crippen LogP contribution is 2.15. The minimum atomic E-state index is -0.820. The highest BCUT2D eigenvalue weighted by atomic mass is 16.1. The molecule has 1 aromatic heterocycles. The number of pyridine rings is 1. The Hall–Kier alpha value is -2.24. The van der Waals surface area contributed by atoms with Crippen molar-refractivity contribution in [2.24, 2.45) is 5.73 Å². The van der Waals surface area contributed by atoms with Gasteiger partial charge in [-0.2, -0.15) is 0 Å². The first-order valence-electron chi connectivity index (χ1n) is 4.59. The van der Waals surface area contributed by atoms with Crippen LogP contribution in [0.25, 0.3) is 0 Å². The van der Waals surface area contributed by atoms with Crippen LogP contribution in [-0.2, 0) is 9.59 Å². The van der Waals surface area contributed by atoms with Gasteiger partial charge in [0.25, 0.3) is 5.91 Å². The lowest BCUT2D eigenvalue weighted by molar-refractivity contribution is -0.112. The monoisotopic (exact) mass is 220 g/mol. The summed E-state index contributed by atoms with van der Waals surface area (Å²) in [7, 11) is 0. The Kier molecular flexibility index (Phi) is 3.71. The summed E-state index contributed by atoms with van der Waals surface area (Å²) < 4.78 is 0. The number of nitrogens with zero attached hydrogens (tertiary/aromatic N) is 1. The number of rotatable bonds is 5. The fraction of sp³-hybridized carbons (Fsp3) is 0.200. The number of aromatic nitrogens is 1. The molecule has 0 saturated heterocycles. The standard InChI is InChI=1S/C10H12N4O2/c1-6-4-7(9(11)10(12)16)8(5-14-6)13-2-3-15/h3-5,11,13H,2H2,1H3,(H2,12,16). The number of primary amides is 1.